The highest BCUT2D eigenvalue weighted by Crippen LogP contribution is 2.09. The molecule has 1 atom stereocenters. The minimum Gasteiger partial charge on any atom is -0.368 e. The van der Waals surface area contributed by atoms with E-state index in [-0.39, 0.29) is 5.91 Å². The van der Waals surface area contributed by atoms with E-state index in [4.69, 9.17) is 5.73 Å². The summed E-state index contributed by atoms with van der Waals surface area (Å²) in [5.41, 5.74) is 5.40. The van der Waals surface area contributed by atoms with Crippen LogP contribution >= 0.6 is 0 Å². The van der Waals surface area contributed by atoms with Gasteiger partial charge in [-0.15, -0.1) is 0 Å². The fraction of sp³-hybridized carbons (Fsp3) is 0.882. The fourth-order valence-corrected chi connectivity index (χ4v) is 2.95. The molecule has 5 nitrogen and oxygen atoms in total. The number of nitrogens with one attached hydrogen (secondary N) is 1. The molecule has 3 N–H and O–H groups in total. The molecular formula is C17H33N3O2. The number of likely N-dealkylation sites (tertiary alicyclic amines) is 1. The molecule has 2 amide bonds. The Hall–Kier alpha value is -1.10. The van der Waals surface area contributed by atoms with Crippen LogP contribution in [0, 0.1) is 0 Å². The lowest BCUT2D eigenvalue weighted by Crippen LogP contribution is -2.45. The van der Waals surface area contributed by atoms with Crippen molar-refractivity contribution in [3.63, 3.8) is 0 Å². The van der Waals surface area contributed by atoms with Crippen molar-refractivity contribution in [1.29, 1.82) is 0 Å². The van der Waals surface area contributed by atoms with Crippen molar-refractivity contribution in [3.05, 3.63) is 0 Å². The zero-order chi connectivity index (χ0) is 16.2. The number of carbonyl (C=O) groups excluding carboxylic acids is 2. The first-order valence-electron chi connectivity index (χ1n) is 8.94. The van der Waals surface area contributed by atoms with Crippen LogP contribution in [-0.2, 0) is 9.59 Å². The van der Waals surface area contributed by atoms with Crippen molar-refractivity contribution in [3.8, 4) is 0 Å². The molecule has 1 aliphatic heterocycles. The highest BCUT2D eigenvalue weighted by atomic mass is 16.2. The third-order valence-corrected chi connectivity index (χ3v) is 4.38. The number of amides is 2. The van der Waals surface area contributed by atoms with Gasteiger partial charge >= 0.3 is 0 Å². The highest BCUT2D eigenvalue weighted by Gasteiger charge is 2.18. The molecule has 1 aliphatic rings. The van der Waals surface area contributed by atoms with Crippen LogP contribution in [0.3, 0.4) is 0 Å². The average molecular weight is 311 g/mol. The molecule has 0 aromatic heterocycles. The number of primary amides is 1. The van der Waals surface area contributed by atoms with E-state index in [1.807, 2.05) is 0 Å². The molecule has 22 heavy (non-hydrogen) atoms. The first-order chi connectivity index (χ1) is 10.6. The lowest BCUT2D eigenvalue weighted by atomic mass is 10.1. The minimum atomic E-state index is -0.504. The van der Waals surface area contributed by atoms with Gasteiger partial charge in [-0.1, -0.05) is 45.4 Å². The molecule has 0 aromatic rings. The summed E-state index contributed by atoms with van der Waals surface area (Å²) in [6.07, 6.45) is 10.5. The molecule has 1 heterocycles. The first-order valence-corrected chi connectivity index (χ1v) is 8.94. The van der Waals surface area contributed by atoms with Gasteiger partial charge in [-0.05, 0) is 32.4 Å². The van der Waals surface area contributed by atoms with Crippen LogP contribution in [0.4, 0.5) is 0 Å². The summed E-state index contributed by atoms with van der Waals surface area (Å²) < 4.78 is 0. The van der Waals surface area contributed by atoms with Gasteiger partial charge in [0.25, 0.3) is 0 Å². The van der Waals surface area contributed by atoms with Crippen LogP contribution in [-0.4, -0.2) is 42.4 Å². The number of unbranched alkanes of at least 4 members (excludes halogenated alkanes) is 4. The Labute approximate surface area is 135 Å². The number of piperidine rings is 1. The van der Waals surface area contributed by atoms with Crippen LogP contribution in [0.2, 0.25) is 0 Å². The monoisotopic (exact) mass is 311 g/mol. The molecule has 0 aromatic carbocycles. The topological polar surface area (TPSA) is 75.4 Å². The molecular weight excluding hydrogens is 278 g/mol. The molecule has 0 saturated carbocycles. The smallest absolute Gasteiger partial charge is 0.239 e. The van der Waals surface area contributed by atoms with Crippen molar-refractivity contribution in [2.45, 2.75) is 77.2 Å². The molecule has 128 valence electrons. The van der Waals surface area contributed by atoms with Crippen molar-refractivity contribution < 1.29 is 9.59 Å². The molecule has 0 radical (unpaired) electrons. The quantitative estimate of drug-likeness (QED) is 0.574. The van der Waals surface area contributed by atoms with E-state index < -0.39 is 11.9 Å². The maximum atomic E-state index is 12.0. The van der Waals surface area contributed by atoms with E-state index in [1.54, 1.807) is 0 Å². The van der Waals surface area contributed by atoms with Crippen LogP contribution in [0.25, 0.3) is 0 Å². The molecule has 0 bridgehead atoms. The van der Waals surface area contributed by atoms with Gasteiger partial charge in [0.2, 0.25) is 11.8 Å². The number of hydrogen-bond acceptors (Lipinski definition) is 3. The molecule has 1 saturated heterocycles. The van der Waals surface area contributed by atoms with Crippen LogP contribution in [0.5, 0.6) is 0 Å². The standard InChI is InChI=1S/C17H33N3O2/c1-2-3-4-5-7-10-15(17(18)22)19-16(21)11-14-20-12-8-6-9-13-20/h15H,2-14H2,1H3,(H2,18,22)(H,19,21). The van der Waals surface area contributed by atoms with E-state index in [1.165, 1.54) is 38.5 Å². The van der Waals surface area contributed by atoms with Gasteiger partial charge in [-0.3, -0.25) is 9.59 Å². The van der Waals surface area contributed by atoms with Crippen molar-refractivity contribution in [2.24, 2.45) is 5.73 Å². The SMILES string of the molecule is CCCCCCCC(NC(=O)CCN1CCCCC1)C(N)=O. The summed E-state index contributed by atoms with van der Waals surface area (Å²) in [5.74, 6) is -0.468. The van der Waals surface area contributed by atoms with E-state index in [2.05, 4.69) is 17.1 Å². The van der Waals surface area contributed by atoms with Gasteiger partial charge < -0.3 is 16.0 Å². The van der Waals surface area contributed by atoms with Crippen LogP contribution in [0.15, 0.2) is 0 Å². The Morgan fingerprint density at radius 3 is 2.41 bits per heavy atom. The second kappa shape index (κ2) is 11.5. The third kappa shape index (κ3) is 8.37. The molecule has 0 spiro atoms. The van der Waals surface area contributed by atoms with E-state index in [0.717, 1.165) is 32.5 Å². The predicted octanol–water partition coefficient (Wildman–Crippen LogP) is 2.19. The Morgan fingerprint density at radius 2 is 1.77 bits per heavy atom. The van der Waals surface area contributed by atoms with Gasteiger partial charge in [0.15, 0.2) is 0 Å². The molecule has 1 fully saturated rings. The van der Waals surface area contributed by atoms with Gasteiger partial charge in [0.05, 0.1) is 0 Å². The van der Waals surface area contributed by atoms with E-state index in [9.17, 15) is 9.59 Å². The molecule has 0 aliphatic carbocycles. The normalized spacial score (nSPS) is 17.1. The highest BCUT2D eigenvalue weighted by molar-refractivity contribution is 5.86. The van der Waals surface area contributed by atoms with Crippen molar-refractivity contribution in [1.82, 2.24) is 10.2 Å². The number of rotatable bonds is 11. The van der Waals surface area contributed by atoms with Gasteiger partial charge in [-0.25, -0.2) is 0 Å². The summed E-state index contributed by atoms with van der Waals surface area (Å²) in [5, 5.41) is 2.81. The van der Waals surface area contributed by atoms with Gasteiger partial charge in [0, 0.05) is 13.0 Å². The van der Waals surface area contributed by atoms with E-state index in [0.29, 0.717) is 12.8 Å². The Bertz CT molecular complexity index is 328. The first kappa shape index (κ1) is 18.9. The Morgan fingerprint density at radius 1 is 1.09 bits per heavy atom. The largest absolute Gasteiger partial charge is 0.368 e. The number of nitrogens with zero attached hydrogens (tertiary/aromatic N) is 1. The van der Waals surface area contributed by atoms with Crippen LogP contribution < -0.4 is 11.1 Å². The summed E-state index contributed by atoms with van der Waals surface area (Å²) in [7, 11) is 0. The summed E-state index contributed by atoms with van der Waals surface area (Å²) in [4.78, 5) is 25.8. The third-order valence-electron chi connectivity index (χ3n) is 4.38. The summed E-state index contributed by atoms with van der Waals surface area (Å²) >= 11 is 0. The second-order valence-corrected chi connectivity index (χ2v) is 6.38. The Balaban J connectivity index is 2.20. The number of hydrogen-bond donors (Lipinski definition) is 2. The molecule has 1 unspecified atom stereocenters. The van der Waals surface area contributed by atoms with Crippen molar-refractivity contribution in [2.75, 3.05) is 19.6 Å². The second-order valence-electron chi connectivity index (χ2n) is 6.38. The van der Waals surface area contributed by atoms with Gasteiger partial charge in [-0.2, -0.15) is 0 Å². The maximum Gasteiger partial charge on any atom is 0.239 e. The summed E-state index contributed by atoms with van der Waals surface area (Å²) in [6.45, 7) is 5.14. The lowest BCUT2D eigenvalue weighted by Gasteiger charge is -2.26. The van der Waals surface area contributed by atoms with Crippen molar-refractivity contribution >= 4 is 11.8 Å². The number of nitrogens with two attached hydrogens (primary N) is 1. The Kier molecular flexibility index (Phi) is 9.87. The average Bonchev–Trinajstić information content (AvgIpc) is 2.52. The zero-order valence-electron chi connectivity index (χ0n) is 14.1. The number of carbonyl (C=O) groups is 2. The maximum absolute atomic E-state index is 12.0. The minimum absolute atomic E-state index is 0.0528. The fourth-order valence-electron chi connectivity index (χ4n) is 2.95. The predicted molar refractivity (Wildman–Crippen MR) is 89.4 cm³/mol. The zero-order valence-corrected chi connectivity index (χ0v) is 14.1. The van der Waals surface area contributed by atoms with Crippen LogP contribution in [0.1, 0.15) is 71.1 Å². The van der Waals surface area contributed by atoms with Gasteiger partial charge in [0.1, 0.15) is 6.04 Å². The molecule has 5 heteroatoms. The van der Waals surface area contributed by atoms with E-state index >= 15 is 0 Å². The summed E-state index contributed by atoms with van der Waals surface area (Å²) in [6, 6.07) is -0.504. The molecule has 1 rings (SSSR count). The lowest BCUT2D eigenvalue weighted by molar-refractivity contribution is -0.127.